The van der Waals surface area contributed by atoms with Crippen molar-refractivity contribution >= 4 is 8.32 Å². The Kier molecular flexibility index (Phi) is 7.38. The molecule has 1 N–H and O–H groups in total. The van der Waals surface area contributed by atoms with E-state index in [2.05, 4.69) is 60.7 Å². The number of hydrogen-bond donors (Lipinski definition) is 1. The SMILES string of the molecule is C[C@H](CC[C@@H](C)O)[C@H]1CC[C@H]2[C@@H]3CC=C4C[C@@H](O[Si](C)(C)C(C)(C)C)CC[C@]4(C)[C@H]3CC[C@]12C. The first kappa shape index (κ1) is 26.9. The van der Waals surface area contributed by atoms with E-state index in [0.29, 0.717) is 22.0 Å². The second kappa shape index (κ2) is 9.32. The lowest BCUT2D eigenvalue weighted by Crippen LogP contribution is -2.52. The van der Waals surface area contributed by atoms with Crippen molar-refractivity contribution in [2.75, 3.05) is 0 Å². The molecule has 0 spiro atoms. The summed E-state index contributed by atoms with van der Waals surface area (Å²) in [5, 5.41) is 10.1. The highest BCUT2D eigenvalue weighted by Gasteiger charge is 2.59. The fourth-order valence-electron chi connectivity index (χ4n) is 9.00. The normalized spacial score (nSPS) is 42.3. The van der Waals surface area contributed by atoms with Crippen LogP contribution in [-0.4, -0.2) is 25.6 Å². The molecular formula is C31H56O2Si. The number of aliphatic hydroxyl groups excluding tert-OH is 1. The molecule has 0 radical (unpaired) electrons. The number of aliphatic hydroxyl groups is 1. The summed E-state index contributed by atoms with van der Waals surface area (Å²) in [6, 6.07) is 0. The van der Waals surface area contributed by atoms with Crippen molar-refractivity contribution in [2.24, 2.45) is 40.4 Å². The van der Waals surface area contributed by atoms with Gasteiger partial charge in [-0.1, -0.05) is 53.2 Å². The van der Waals surface area contributed by atoms with Gasteiger partial charge in [0.05, 0.1) is 6.10 Å². The van der Waals surface area contributed by atoms with Gasteiger partial charge in [-0.25, -0.2) is 0 Å². The van der Waals surface area contributed by atoms with Crippen molar-refractivity contribution in [3.63, 3.8) is 0 Å². The summed E-state index contributed by atoms with van der Waals surface area (Å²) in [6.45, 7) is 21.7. The molecule has 4 aliphatic carbocycles. The van der Waals surface area contributed by atoms with Crippen LogP contribution < -0.4 is 0 Å². The van der Waals surface area contributed by atoms with Gasteiger partial charge in [0, 0.05) is 6.10 Å². The second-order valence-corrected chi connectivity index (χ2v) is 19.9. The first-order chi connectivity index (χ1) is 15.7. The van der Waals surface area contributed by atoms with Gasteiger partial charge < -0.3 is 9.53 Å². The van der Waals surface area contributed by atoms with Gasteiger partial charge in [-0.05, 0) is 130 Å². The molecule has 4 aliphatic rings. The first-order valence-corrected chi connectivity index (χ1v) is 17.7. The van der Waals surface area contributed by atoms with Crippen molar-refractivity contribution in [1.82, 2.24) is 0 Å². The minimum atomic E-state index is -1.71. The van der Waals surface area contributed by atoms with Gasteiger partial charge in [-0.15, -0.1) is 0 Å². The molecule has 0 aromatic carbocycles. The van der Waals surface area contributed by atoms with Crippen LogP contribution in [0.15, 0.2) is 11.6 Å². The molecule has 0 heterocycles. The minimum Gasteiger partial charge on any atom is -0.414 e. The van der Waals surface area contributed by atoms with Gasteiger partial charge >= 0.3 is 0 Å². The molecule has 0 saturated heterocycles. The summed E-state index contributed by atoms with van der Waals surface area (Å²) in [4.78, 5) is 0. The van der Waals surface area contributed by atoms with Crippen LogP contribution in [0.3, 0.4) is 0 Å². The standard InChI is InChI=1S/C31H56O2Si/c1-21(10-11-22(2)32)26-14-15-27-25-13-12-23-20-24(33-34(8,9)29(3,4)5)16-18-30(23,6)28(25)17-19-31(26,27)7/h12,21-22,24-28,32H,10-11,13-20H2,1-9H3/t21-,22-,24+,25+,26-,27+,28+,30+,31-/m1/s1. The van der Waals surface area contributed by atoms with Crippen LogP contribution in [0.5, 0.6) is 0 Å². The largest absolute Gasteiger partial charge is 0.414 e. The minimum absolute atomic E-state index is 0.152. The fraction of sp³-hybridized carbons (Fsp3) is 0.935. The Labute approximate surface area is 212 Å². The van der Waals surface area contributed by atoms with E-state index in [-0.39, 0.29) is 6.10 Å². The third-order valence-electron chi connectivity index (χ3n) is 12.1. The molecule has 0 aliphatic heterocycles. The molecule has 0 bridgehead atoms. The van der Waals surface area contributed by atoms with Crippen LogP contribution in [0.4, 0.5) is 0 Å². The molecular weight excluding hydrogens is 432 g/mol. The fourth-order valence-corrected chi connectivity index (χ4v) is 10.4. The molecule has 4 rings (SSSR count). The highest BCUT2D eigenvalue weighted by Crippen LogP contribution is 2.67. The highest BCUT2D eigenvalue weighted by molar-refractivity contribution is 6.74. The van der Waals surface area contributed by atoms with E-state index in [9.17, 15) is 5.11 Å². The Hall–Kier alpha value is -0.123. The highest BCUT2D eigenvalue weighted by atomic mass is 28.4. The lowest BCUT2D eigenvalue weighted by molar-refractivity contribution is -0.0569. The van der Waals surface area contributed by atoms with Crippen molar-refractivity contribution in [2.45, 2.75) is 143 Å². The zero-order valence-electron chi connectivity index (χ0n) is 24.0. The van der Waals surface area contributed by atoms with Crippen LogP contribution in [0.1, 0.15) is 113 Å². The van der Waals surface area contributed by atoms with E-state index < -0.39 is 8.32 Å². The van der Waals surface area contributed by atoms with E-state index in [1.165, 1.54) is 57.8 Å². The summed E-state index contributed by atoms with van der Waals surface area (Å²) in [5.74, 6) is 4.27. The molecule has 34 heavy (non-hydrogen) atoms. The maximum atomic E-state index is 9.84. The number of rotatable bonds is 6. The monoisotopic (exact) mass is 488 g/mol. The Morgan fingerprint density at radius 3 is 2.38 bits per heavy atom. The van der Waals surface area contributed by atoms with Gasteiger partial charge in [0.25, 0.3) is 0 Å². The zero-order valence-corrected chi connectivity index (χ0v) is 25.0. The maximum Gasteiger partial charge on any atom is 0.192 e. The van der Waals surface area contributed by atoms with E-state index in [0.717, 1.165) is 36.0 Å². The third kappa shape index (κ3) is 4.65. The lowest BCUT2D eigenvalue weighted by atomic mass is 9.47. The van der Waals surface area contributed by atoms with E-state index in [4.69, 9.17) is 4.43 Å². The molecule has 0 aromatic rings. The van der Waals surface area contributed by atoms with Crippen molar-refractivity contribution in [1.29, 1.82) is 0 Å². The average molecular weight is 489 g/mol. The second-order valence-electron chi connectivity index (χ2n) is 15.1. The van der Waals surface area contributed by atoms with E-state index in [1.807, 2.05) is 6.92 Å². The van der Waals surface area contributed by atoms with Gasteiger partial charge in [0.1, 0.15) is 0 Å². The molecule has 196 valence electrons. The Morgan fingerprint density at radius 1 is 1.03 bits per heavy atom. The first-order valence-electron chi connectivity index (χ1n) is 14.7. The predicted molar refractivity (Wildman–Crippen MR) is 147 cm³/mol. The summed E-state index contributed by atoms with van der Waals surface area (Å²) < 4.78 is 6.92. The molecule has 0 amide bonds. The Balaban J connectivity index is 1.48. The smallest absolute Gasteiger partial charge is 0.192 e. The van der Waals surface area contributed by atoms with Crippen LogP contribution in [0.2, 0.25) is 18.1 Å². The molecule has 0 unspecified atom stereocenters. The maximum absolute atomic E-state index is 9.84. The van der Waals surface area contributed by atoms with Crippen LogP contribution >= 0.6 is 0 Å². The van der Waals surface area contributed by atoms with Gasteiger partial charge in [-0.2, -0.15) is 0 Å². The topological polar surface area (TPSA) is 29.5 Å². The molecule has 0 aromatic heterocycles. The van der Waals surface area contributed by atoms with Gasteiger partial charge in [0.15, 0.2) is 8.32 Å². The van der Waals surface area contributed by atoms with Crippen LogP contribution in [-0.2, 0) is 4.43 Å². The Morgan fingerprint density at radius 2 is 1.74 bits per heavy atom. The average Bonchev–Trinajstić information content (AvgIpc) is 3.08. The molecule has 2 nitrogen and oxygen atoms in total. The third-order valence-corrected chi connectivity index (χ3v) is 16.7. The number of fused-ring (bicyclic) bond motifs is 5. The number of allylic oxidation sites excluding steroid dienone is 1. The summed E-state index contributed by atoms with van der Waals surface area (Å²) in [5.41, 5.74) is 2.68. The zero-order chi connectivity index (χ0) is 25.1. The van der Waals surface area contributed by atoms with Gasteiger partial charge in [-0.3, -0.25) is 0 Å². The summed E-state index contributed by atoms with van der Waals surface area (Å²) in [6.07, 6.45) is 16.0. The van der Waals surface area contributed by atoms with Crippen molar-refractivity contribution in [3.05, 3.63) is 11.6 Å². The summed E-state index contributed by atoms with van der Waals surface area (Å²) >= 11 is 0. The van der Waals surface area contributed by atoms with Crippen LogP contribution in [0, 0.1) is 40.4 Å². The quantitative estimate of drug-likeness (QED) is 0.299. The van der Waals surface area contributed by atoms with Gasteiger partial charge in [0.2, 0.25) is 0 Å². The molecule has 3 heteroatoms. The van der Waals surface area contributed by atoms with Crippen LogP contribution in [0.25, 0.3) is 0 Å². The number of hydrogen-bond acceptors (Lipinski definition) is 2. The van der Waals surface area contributed by atoms with E-state index >= 15 is 0 Å². The molecule has 9 atom stereocenters. The predicted octanol–water partition coefficient (Wildman–Crippen LogP) is 8.75. The Bertz CT molecular complexity index is 764. The van der Waals surface area contributed by atoms with Crippen molar-refractivity contribution < 1.29 is 9.53 Å². The van der Waals surface area contributed by atoms with Crippen molar-refractivity contribution in [3.8, 4) is 0 Å². The lowest BCUT2D eigenvalue weighted by Gasteiger charge is -2.59. The molecule has 3 fully saturated rings. The summed E-state index contributed by atoms with van der Waals surface area (Å²) in [7, 11) is -1.71. The molecule has 3 saturated carbocycles. The van der Waals surface area contributed by atoms with E-state index in [1.54, 1.807) is 5.57 Å².